The van der Waals surface area contributed by atoms with E-state index in [0.29, 0.717) is 0 Å². The largest absolute Gasteiger partial charge is 0.207 e. The number of hydrogen-bond acceptors (Lipinski definition) is 0. The van der Waals surface area contributed by atoms with Gasteiger partial charge in [0.15, 0.2) is 0 Å². The van der Waals surface area contributed by atoms with Gasteiger partial charge < -0.3 is 0 Å². The molecule has 0 aliphatic heterocycles. The third kappa shape index (κ3) is 4.89. The van der Waals surface area contributed by atoms with Gasteiger partial charge in [-0.2, -0.15) is 0 Å². The molecule has 0 saturated carbocycles. The zero-order chi connectivity index (χ0) is 9.40. The number of rotatable bonds is 5. The third-order valence-corrected chi connectivity index (χ3v) is 1.68. The summed E-state index contributed by atoms with van der Waals surface area (Å²) in [5.41, 5.74) is 0.979. The summed E-state index contributed by atoms with van der Waals surface area (Å²) in [7, 11) is 0. The SMILES string of the molecule is C=C/C(=C\C(F)=C/C)CCCC. The zero-order valence-electron chi connectivity index (χ0n) is 7.94. The molecular weight excluding hydrogens is 151 g/mol. The van der Waals surface area contributed by atoms with Gasteiger partial charge in [0.25, 0.3) is 0 Å². The first-order valence-corrected chi connectivity index (χ1v) is 4.39. The topological polar surface area (TPSA) is 0 Å². The van der Waals surface area contributed by atoms with E-state index in [9.17, 15) is 4.39 Å². The summed E-state index contributed by atoms with van der Waals surface area (Å²) in [5.74, 6) is -0.180. The Kier molecular flexibility index (Phi) is 6.35. The molecular formula is C11H17F. The van der Waals surface area contributed by atoms with E-state index in [0.717, 1.165) is 24.8 Å². The second kappa shape index (κ2) is 6.84. The molecule has 0 aromatic carbocycles. The fourth-order valence-corrected chi connectivity index (χ4v) is 0.875. The molecule has 0 nitrogen and oxygen atoms in total. The second-order valence-electron chi connectivity index (χ2n) is 2.70. The minimum atomic E-state index is -0.180. The summed E-state index contributed by atoms with van der Waals surface area (Å²) < 4.78 is 12.7. The van der Waals surface area contributed by atoms with Crippen molar-refractivity contribution in [3.63, 3.8) is 0 Å². The maximum Gasteiger partial charge on any atom is 0.119 e. The minimum absolute atomic E-state index is 0.180. The lowest BCUT2D eigenvalue weighted by molar-refractivity contribution is 0.661. The molecule has 0 N–H and O–H groups in total. The van der Waals surface area contributed by atoms with Crippen LogP contribution in [0, 0.1) is 0 Å². The Balaban J connectivity index is 4.13. The molecule has 0 aromatic heterocycles. The fraction of sp³-hybridized carbons (Fsp3) is 0.455. The molecule has 68 valence electrons. The molecule has 0 rings (SSSR count). The highest BCUT2D eigenvalue weighted by Crippen LogP contribution is 2.11. The Bertz CT molecular complexity index is 187. The molecule has 0 aliphatic carbocycles. The van der Waals surface area contributed by atoms with Crippen LogP contribution in [0.25, 0.3) is 0 Å². The zero-order valence-corrected chi connectivity index (χ0v) is 7.94. The van der Waals surface area contributed by atoms with Gasteiger partial charge in [-0.15, -0.1) is 0 Å². The Morgan fingerprint density at radius 2 is 2.17 bits per heavy atom. The number of allylic oxidation sites excluding steroid dienone is 5. The van der Waals surface area contributed by atoms with Gasteiger partial charge in [-0.05, 0) is 31.4 Å². The highest BCUT2D eigenvalue weighted by molar-refractivity contribution is 5.25. The van der Waals surface area contributed by atoms with E-state index in [4.69, 9.17) is 0 Å². The predicted octanol–water partition coefficient (Wildman–Crippen LogP) is 4.16. The van der Waals surface area contributed by atoms with Crippen LogP contribution in [0.3, 0.4) is 0 Å². The first-order chi connectivity index (χ1) is 5.74. The molecule has 0 radical (unpaired) electrons. The Labute approximate surface area is 74.5 Å². The predicted molar refractivity (Wildman–Crippen MR) is 52.7 cm³/mol. The van der Waals surface area contributed by atoms with Crippen molar-refractivity contribution in [3.8, 4) is 0 Å². The molecule has 0 bridgehead atoms. The van der Waals surface area contributed by atoms with Crippen molar-refractivity contribution in [1.29, 1.82) is 0 Å². The summed E-state index contributed by atoms with van der Waals surface area (Å²) >= 11 is 0. The standard InChI is InChI=1S/C11H17F/c1-4-7-8-10(5-2)9-11(12)6-3/h5-6,9H,2,4,7-8H2,1,3H3/b10-9+,11-6+. The Morgan fingerprint density at radius 1 is 1.50 bits per heavy atom. The lowest BCUT2D eigenvalue weighted by Gasteiger charge is -1.98. The lowest BCUT2D eigenvalue weighted by atomic mass is 10.1. The second-order valence-corrected chi connectivity index (χ2v) is 2.70. The van der Waals surface area contributed by atoms with Gasteiger partial charge in [-0.3, -0.25) is 0 Å². The van der Waals surface area contributed by atoms with E-state index < -0.39 is 0 Å². The van der Waals surface area contributed by atoms with Gasteiger partial charge >= 0.3 is 0 Å². The first-order valence-electron chi connectivity index (χ1n) is 4.39. The number of halogens is 1. The van der Waals surface area contributed by atoms with Crippen molar-refractivity contribution in [2.75, 3.05) is 0 Å². The van der Waals surface area contributed by atoms with Gasteiger partial charge in [0, 0.05) is 0 Å². The van der Waals surface area contributed by atoms with E-state index in [1.54, 1.807) is 19.1 Å². The van der Waals surface area contributed by atoms with Crippen molar-refractivity contribution < 1.29 is 4.39 Å². The first kappa shape index (κ1) is 11.2. The average molecular weight is 168 g/mol. The molecule has 0 aromatic rings. The molecule has 12 heavy (non-hydrogen) atoms. The van der Waals surface area contributed by atoms with Gasteiger partial charge in [0.1, 0.15) is 5.83 Å². The average Bonchev–Trinajstić information content (AvgIpc) is 2.11. The van der Waals surface area contributed by atoms with E-state index in [2.05, 4.69) is 13.5 Å². The highest BCUT2D eigenvalue weighted by atomic mass is 19.1. The van der Waals surface area contributed by atoms with E-state index in [1.807, 2.05) is 0 Å². The van der Waals surface area contributed by atoms with Crippen LogP contribution in [-0.4, -0.2) is 0 Å². The summed E-state index contributed by atoms with van der Waals surface area (Å²) in [6.45, 7) is 7.44. The number of hydrogen-bond donors (Lipinski definition) is 0. The van der Waals surface area contributed by atoms with Crippen molar-refractivity contribution in [3.05, 3.63) is 36.2 Å². The van der Waals surface area contributed by atoms with Crippen LogP contribution in [-0.2, 0) is 0 Å². The third-order valence-electron chi connectivity index (χ3n) is 1.68. The molecule has 0 fully saturated rings. The fourth-order valence-electron chi connectivity index (χ4n) is 0.875. The van der Waals surface area contributed by atoms with Crippen LogP contribution in [0.1, 0.15) is 33.1 Å². The molecule has 1 heteroatoms. The van der Waals surface area contributed by atoms with Crippen LogP contribution in [0.5, 0.6) is 0 Å². The molecule has 0 amide bonds. The Hall–Kier alpha value is -0.850. The maximum atomic E-state index is 12.7. The van der Waals surface area contributed by atoms with Gasteiger partial charge in [-0.25, -0.2) is 4.39 Å². The molecule has 0 saturated heterocycles. The monoisotopic (exact) mass is 168 g/mol. The molecule has 0 aliphatic rings. The van der Waals surface area contributed by atoms with E-state index >= 15 is 0 Å². The summed E-state index contributed by atoms with van der Waals surface area (Å²) in [6.07, 6.45) is 7.86. The van der Waals surface area contributed by atoms with Gasteiger partial charge in [0.05, 0.1) is 0 Å². The van der Waals surface area contributed by atoms with Gasteiger partial charge in [0.2, 0.25) is 0 Å². The van der Waals surface area contributed by atoms with Crippen LogP contribution in [0.2, 0.25) is 0 Å². The summed E-state index contributed by atoms with van der Waals surface area (Å²) in [5, 5.41) is 0. The molecule has 0 unspecified atom stereocenters. The Morgan fingerprint density at radius 3 is 2.58 bits per heavy atom. The quantitative estimate of drug-likeness (QED) is 0.541. The molecule has 0 spiro atoms. The molecule has 0 atom stereocenters. The van der Waals surface area contributed by atoms with Crippen LogP contribution in [0.15, 0.2) is 36.2 Å². The smallest absolute Gasteiger partial charge is 0.119 e. The number of unbranched alkanes of at least 4 members (excludes halogenated alkanes) is 1. The summed E-state index contributed by atoms with van der Waals surface area (Å²) in [6, 6.07) is 0. The van der Waals surface area contributed by atoms with E-state index in [-0.39, 0.29) is 5.83 Å². The van der Waals surface area contributed by atoms with Crippen molar-refractivity contribution in [2.24, 2.45) is 0 Å². The van der Waals surface area contributed by atoms with Crippen molar-refractivity contribution in [2.45, 2.75) is 33.1 Å². The van der Waals surface area contributed by atoms with Crippen LogP contribution < -0.4 is 0 Å². The van der Waals surface area contributed by atoms with Crippen molar-refractivity contribution >= 4 is 0 Å². The van der Waals surface area contributed by atoms with Crippen LogP contribution >= 0.6 is 0 Å². The van der Waals surface area contributed by atoms with Crippen LogP contribution in [0.4, 0.5) is 4.39 Å². The maximum absolute atomic E-state index is 12.7. The molecule has 0 heterocycles. The lowest BCUT2D eigenvalue weighted by Crippen LogP contribution is -1.79. The van der Waals surface area contributed by atoms with E-state index in [1.165, 1.54) is 6.08 Å². The normalized spacial score (nSPS) is 13.2. The van der Waals surface area contributed by atoms with Crippen molar-refractivity contribution in [1.82, 2.24) is 0 Å². The van der Waals surface area contributed by atoms with Gasteiger partial charge in [-0.1, -0.05) is 32.1 Å². The minimum Gasteiger partial charge on any atom is -0.207 e. The highest BCUT2D eigenvalue weighted by Gasteiger charge is 1.93. The summed E-state index contributed by atoms with van der Waals surface area (Å²) in [4.78, 5) is 0.